The molecule has 1 unspecified atom stereocenters. The Labute approximate surface area is 172 Å². The molecule has 0 amide bonds. The van der Waals surface area contributed by atoms with Crippen LogP contribution in [0, 0.1) is 11.6 Å². The van der Waals surface area contributed by atoms with Gasteiger partial charge in [-0.1, -0.05) is 13.0 Å². The van der Waals surface area contributed by atoms with Gasteiger partial charge >= 0.3 is 0 Å². The molecule has 2 rings (SSSR count). The van der Waals surface area contributed by atoms with Crippen molar-refractivity contribution in [1.82, 2.24) is 14.9 Å². The van der Waals surface area contributed by atoms with Gasteiger partial charge in [-0.3, -0.25) is 4.99 Å². The molecule has 0 bridgehead atoms. The number of aliphatic imine (C=N–C) groups is 1. The summed E-state index contributed by atoms with van der Waals surface area (Å²) < 4.78 is 52.7. The molecule has 1 aliphatic heterocycles. The van der Waals surface area contributed by atoms with Gasteiger partial charge in [0.2, 0.25) is 10.0 Å². The van der Waals surface area contributed by atoms with Crippen LogP contribution in [-0.2, 0) is 10.0 Å². The van der Waals surface area contributed by atoms with Gasteiger partial charge in [0.15, 0.2) is 5.96 Å². The van der Waals surface area contributed by atoms with Crippen molar-refractivity contribution in [3.63, 3.8) is 0 Å². The highest BCUT2D eigenvalue weighted by atomic mass is 32.2. The molecular weight excluding hydrogens is 400 g/mol. The van der Waals surface area contributed by atoms with Gasteiger partial charge in [-0.05, 0) is 31.9 Å². The average molecular weight is 432 g/mol. The van der Waals surface area contributed by atoms with E-state index in [0.717, 1.165) is 6.42 Å². The summed E-state index contributed by atoms with van der Waals surface area (Å²) in [4.78, 5) is 6.21. The first-order valence-corrected chi connectivity index (χ1v) is 11.8. The van der Waals surface area contributed by atoms with Crippen molar-refractivity contribution < 1.29 is 17.2 Å². The van der Waals surface area contributed by atoms with E-state index < -0.39 is 21.7 Å². The highest BCUT2D eigenvalue weighted by molar-refractivity contribution is 7.88. The molecule has 164 valence electrons. The third-order valence-corrected chi connectivity index (χ3v) is 6.16. The maximum atomic E-state index is 14.0. The van der Waals surface area contributed by atoms with Crippen LogP contribution < -0.4 is 15.5 Å². The van der Waals surface area contributed by atoms with Crippen LogP contribution in [0.4, 0.5) is 14.5 Å². The molecule has 0 spiro atoms. The minimum atomic E-state index is -3.20. The SMILES string of the molecule is CCNC(=NCCCN(CC)S(C)(=O)=O)NC1CCN(c2c(F)cccc2F)C1. The Bertz CT molecular complexity index is 784. The van der Waals surface area contributed by atoms with Crippen LogP contribution in [0.25, 0.3) is 0 Å². The summed E-state index contributed by atoms with van der Waals surface area (Å²) in [5.41, 5.74) is 0.0131. The van der Waals surface area contributed by atoms with Gasteiger partial charge in [0, 0.05) is 45.3 Å². The van der Waals surface area contributed by atoms with Crippen LogP contribution in [0.15, 0.2) is 23.2 Å². The molecule has 7 nitrogen and oxygen atoms in total. The van der Waals surface area contributed by atoms with Gasteiger partial charge in [-0.15, -0.1) is 0 Å². The van der Waals surface area contributed by atoms with Crippen molar-refractivity contribution in [2.45, 2.75) is 32.7 Å². The van der Waals surface area contributed by atoms with Gasteiger partial charge in [-0.25, -0.2) is 21.5 Å². The Hall–Kier alpha value is -1.94. The van der Waals surface area contributed by atoms with Crippen molar-refractivity contribution in [3.8, 4) is 0 Å². The molecule has 2 N–H and O–H groups in total. The lowest BCUT2D eigenvalue weighted by atomic mass is 10.2. The highest BCUT2D eigenvalue weighted by Crippen LogP contribution is 2.26. The van der Waals surface area contributed by atoms with Crippen molar-refractivity contribution in [2.75, 3.05) is 50.4 Å². The molecule has 1 fully saturated rings. The Morgan fingerprint density at radius 3 is 2.59 bits per heavy atom. The summed E-state index contributed by atoms with van der Waals surface area (Å²) in [7, 11) is -3.20. The monoisotopic (exact) mass is 431 g/mol. The van der Waals surface area contributed by atoms with E-state index in [0.29, 0.717) is 51.6 Å². The molecule has 0 aromatic heterocycles. The Morgan fingerprint density at radius 2 is 2.00 bits per heavy atom. The van der Waals surface area contributed by atoms with E-state index in [-0.39, 0.29) is 11.7 Å². The van der Waals surface area contributed by atoms with E-state index in [4.69, 9.17) is 0 Å². The van der Waals surface area contributed by atoms with Crippen molar-refractivity contribution in [3.05, 3.63) is 29.8 Å². The van der Waals surface area contributed by atoms with E-state index in [1.807, 2.05) is 6.92 Å². The number of benzene rings is 1. The maximum Gasteiger partial charge on any atom is 0.211 e. The summed E-state index contributed by atoms with van der Waals surface area (Å²) >= 11 is 0. The second-order valence-electron chi connectivity index (χ2n) is 7.02. The van der Waals surface area contributed by atoms with Crippen molar-refractivity contribution in [2.24, 2.45) is 4.99 Å². The lowest BCUT2D eigenvalue weighted by Crippen LogP contribution is -2.44. The van der Waals surface area contributed by atoms with E-state index in [2.05, 4.69) is 15.6 Å². The van der Waals surface area contributed by atoms with E-state index >= 15 is 0 Å². The fourth-order valence-electron chi connectivity index (χ4n) is 3.38. The zero-order chi connectivity index (χ0) is 21.4. The third kappa shape index (κ3) is 6.81. The average Bonchev–Trinajstić information content (AvgIpc) is 3.08. The molecule has 0 aliphatic carbocycles. The third-order valence-electron chi connectivity index (χ3n) is 4.78. The first-order chi connectivity index (χ1) is 13.8. The summed E-state index contributed by atoms with van der Waals surface area (Å²) in [6.07, 6.45) is 2.54. The second-order valence-corrected chi connectivity index (χ2v) is 9.00. The molecule has 0 radical (unpaired) electrons. The second kappa shape index (κ2) is 10.7. The molecule has 1 aromatic rings. The normalized spacial score (nSPS) is 17.8. The molecule has 1 saturated heterocycles. The van der Waals surface area contributed by atoms with Gasteiger partial charge in [-0.2, -0.15) is 0 Å². The van der Waals surface area contributed by atoms with Gasteiger partial charge in [0.1, 0.15) is 17.3 Å². The van der Waals surface area contributed by atoms with Gasteiger partial charge < -0.3 is 15.5 Å². The van der Waals surface area contributed by atoms with Crippen LogP contribution in [-0.4, -0.2) is 70.2 Å². The Balaban J connectivity index is 1.91. The number of anilines is 1. The minimum Gasteiger partial charge on any atom is -0.365 e. The molecule has 0 saturated carbocycles. The van der Waals surface area contributed by atoms with Crippen LogP contribution in [0.1, 0.15) is 26.7 Å². The maximum absolute atomic E-state index is 14.0. The van der Waals surface area contributed by atoms with E-state index in [9.17, 15) is 17.2 Å². The molecule has 1 aliphatic rings. The van der Waals surface area contributed by atoms with Crippen LogP contribution in [0.2, 0.25) is 0 Å². The molecule has 10 heteroatoms. The van der Waals surface area contributed by atoms with Crippen LogP contribution in [0.3, 0.4) is 0 Å². The van der Waals surface area contributed by atoms with Gasteiger partial charge in [0.05, 0.1) is 6.26 Å². The largest absolute Gasteiger partial charge is 0.365 e. The smallest absolute Gasteiger partial charge is 0.211 e. The number of halogens is 2. The number of rotatable bonds is 9. The number of nitrogens with one attached hydrogen (secondary N) is 2. The molecule has 1 aromatic carbocycles. The predicted molar refractivity (Wildman–Crippen MR) is 113 cm³/mol. The summed E-state index contributed by atoms with van der Waals surface area (Å²) in [6, 6.07) is 3.90. The number of nitrogens with zero attached hydrogens (tertiary/aromatic N) is 3. The van der Waals surface area contributed by atoms with Gasteiger partial charge in [0.25, 0.3) is 0 Å². The minimum absolute atomic E-state index is 0.00923. The molecular formula is C19H31F2N5O2S. The molecule has 29 heavy (non-hydrogen) atoms. The number of para-hydroxylation sites is 1. The molecule has 1 atom stereocenters. The quantitative estimate of drug-likeness (QED) is 0.354. The molecule has 1 heterocycles. The fourth-order valence-corrected chi connectivity index (χ4v) is 4.31. The summed E-state index contributed by atoms with van der Waals surface area (Å²) in [5.74, 6) is -0.495. The number of hydrogen-bond donors (Lipinski definition) is 2. The first kappa shape index (κ1) is 23.3. The number of hydrogen-bond acceptors (Lipinski definition) is 4. The lowest BCUT2D eigenvalue weighted by molar-refractivity contribution is 0.427. The van der Waals surface area contributed by atoms with E-state index in [1.54, 1.807) is 11.8 Å². The fraction of sp³-hybridized carbons (Fsp3) is 0.632. The Morgan fingerprint density at radius 1 is 1.31 bits per heavy atom. The predicted octanol–water partition coefficient (Wildman–Crippen LogP) is 1.77. The first-order valence-electron chi connectivity index (χ1n) is 9.95. The zero-order valence-electron chi connectivity index (χ0n) is 17.3. The zero-order valence-corrected chi connectivity index (χ0v) is 18.1. The van der Waals surface area contributed by atoms with Crippen LogP contribution in [0.5, 0.6) is 0 Å². The summed E-state index contributed by atoms with van der Waals surface area (Å²) in [5, 5.41) is 6.47. The highest BCUT2D eigenvalue weighted by Gasteiger charge is 2.27. The number of guanidine groups is 1. The van der Waals surface area contributed by atoms with Crippen LogP contribution >= 0.6 is 0 Å². The lowest BCUT2D eigenvalue weighted by Gasteiger charge is -2.21. The van der Waals surface area contributed by atoms with E-state index in [1.165, 1.54) is 28.8 Å². The summed E-state index contributed by atoms with van der Waals surface area (Å²) in [6.45, 7) is 6.78. The topological polar surface area (TPSA) is 77.0 Å². The number of sulfonamides is 1. The standard InChI is InChI=1S/C19H31F2N5O2S/c1-4-22-19(23-11-7-12-26(5-2)29(3,27)28)24-15-10-13-25(14-15)18-16(20)8-6-9-17(18)21/h6,8-9,15H,4-5,7,10-14H2,1-3H3,(H2,22,23,24). The Kier molecular flexibility index (Phi) is 8.63. The van der Waals surface area contributed by atoms with Crippen molar-refractivity contribution in [1.29, 1.82) is 0 Å². The van der Waals surface area contributed by atoms with Crippen molar-refractivity contribution >= 4 is 21.7 Å².